The zero-order chi connectivity index (χ0) is 24.7. The van der Waals surface area contributed by atoms with Gasteiger partial charge in [-0.3, -0.25) is 8.98 Å². The molecule has 0 N–H and O–H groups in total. The van der Waals surface area contributed by atoms with Crippen LogP contribution >= 0.6 is 0 Å². The average Bonchev–Trinajstić information content (AvgIpc) is 3.12. The topological polar surface area (TPSA) is 69.7 Å². The molecule has 5 nitrogen and oxygen atoms in total. The molecule has 0 heterocycles. The number of benzene rings is 1. The van der Waals surface area contributed by atoms with E-state index < -0.39 is 10.1 Å². The fraction of sp³-hybridized carbons (Fsp3) is 0.679. The van der Waals surface area contributed by atoms with E-state index >= 15 is 0 Å². The van der Waals surface area contributed by atoms with Crippen LogP contribution in [0, 0.1) is 41.4 Å². The maximum absolute atomic E-state index is 12.9. The Morgan fingerprint density at radius 1 is 1.06 bits per heavy atom. The van der Waals surface area contributed by atoms with Crippen molar-refractivity contribution in [1.29, 1.82) is 0 Å². The van der Waals surface area contributed by atoms with Gasteiger partial charge in [-0.1, -0.05) is 43.2 Å². The van der Waals surface area contributed by atoms with Gasteiger partial charge < -0.3 is 4.74 Å². The number of rotatable bonds is 7. The molecule has 1 aromatic carbocycles. The van der Waals surface area contributed by atoms with Crippen LogP contribution in [0.4, 0.5) is 0 Å². The Bertz CT molecular complexity index is 1040. The highest BCUT2D eigenvalue weighted by Gasteiger charge is 2.57. The number of methoxy groups -OCH3 is 1. The summed E-state index contributed by atoms with van der Waals surface area (Å²) in [5.41, 5.74) is 2.65. The third-order valence-corrected chi connectivity index (χ3v) is 11.2. The minimum atomic E-state index is -3.82. The first-order valence-electron chi connectivity index (χ1n) is 12.7. The molecule has 0 saturated heterocycles. The van der Waals surface area contributed by atoms with Crippen molar-refractivity contribution in [2.45, 2.75) is 77.5 Å². The predicted octanol–water partition coefficient (Wildman–Crippen LogP) is 6.07. The molecule has 0 aromatic heterocycles. The normalized spacial score (nSPS) is 35.3. The number of esters is 1. The molecule has 0 radical (unpaired) electrons. The maximum atomic E-state index is 12.9. The second-order valence-electron chi connectivity index (χ2n) is 11.4. The van der Waals surface area contributed by atoms with E-state index in [9.17, 15) is 13.2 Å². The lowest BCUT2D eigenvalue weighted by Crippen LogP contribution is -2.52. The third-order valence-electron chi connectivity index (χ3n) is 9.86. The minimum absolute atomic E-state index is 0.0819. The zero-order valence-electron chi connectivity index (χ0n) is 21.3. The summed E-state index contributed by atoms with van der Waals surface area (Å²) >= 11 is 0. The Morgan fingerprint density at radius 3 is 2.44 bits per heavy atom. The molecule has 3 aliphatic rings. The van der Waals surface area contributed by atoms with Crippen molar-refractivity contribution in [2.75, 3.05) is 13.7 Å². The summed E-state index contributed by atoms with van der Waals surface area (Å²) in [6.07, 6.45) is 8.92. The van der Waals surface area contributed by atoms with E-state index in [0.717, 1.165) is 37.7 Å². The molecule has 0 spiro atoms. The highest BCUT2D eigenvalue weighted by atomic mass is 32.2. The molecule has 6 atom stereocenters. The molecule has 0 bridgehead atoms. The second kappa shape index (κ2) is 9.42. The van der Waals surface area contributed by atoms with Gasteiger partial charge in [0.1, 0.15) is 0 Å². The molecule has 0 amide bonds. The number of hydrogen-bond donors (Lipinski definition) is 0. The Hall–Kier alpha value is -1.66. The summed E-state index contributed by atoms with van der Waals surface area (Å²) in [4.78, 5) is 12.3. The van der Waals surface area contributed by atoms with Crippen LogP contribution in [-0.2, 0) is 23.8 Å². The summed E-state index contributed by atoms with van der Waals surface area (Å²) in [5, 5.41) is 0. The quantitative estimate of drug-likeness (QED) is 0.265. The van der Waals surface area contributed by atoms with Crippen LogP contribution in [0.1, 0.15) is 71.3 Å². The summed E-state index contributed by atoms with van der Waals surface area (Å²) < 4.78 is 36.5. The fourth-order valence-electron chi connectivity index (χ4n) is 7.40. The molecule has 4 rings (SSSR count). The van der Waals surface area contributed by atoms with Crippen LogP contribution in [0.5, 0.6) is 0 Å². The Morgan fingerprint density at radius 2 is 1.76 bits per heavy atom. The number of hydrogen-bond acceptors (Lipinski definition) is 5. The van der Waals surface area contributed by atoms with Crippen molar-refractivity contribution in [3.8, 4) is 0 Å². The van der Waals surface area contributed by atoms with Crippen molar-refractivity contribution in [3.05, 3.63) is 41.5 Å². The molecular formula is C28H40O5S. The molecular weight excluding hydrogens is 448 g/mol. The Labute approximate surface area is 205 Å². The van der Waals surface area contributed by atoms with Crippen LogP contribution < -0.4 is 0 Å². The standard InChI is InChI=1S/C28H40O5S/c1-19-6-10-22(11-7-19)34(30,31)33-18-21-9-12-23-24-13-8-20(2)27(24,3)16-14-25(23)28(21,4)17-15-26(29)32-5/h6-8,10-11,21,23-25H,9,12-18H2,1-5H3/t21-,23-,24-,25-,27+,28-/m0/s1. The van der Waals surface area contributed by atoms with Crippen LogP contribution in [0.25, 0.3) is 0 Å². The van der Waals surface area contributed by atoms with Gasteiger partial charge in [-0.25, -0.2) is 0 Å². The molecule has 2 fully saturated rings. The zero-order valence-corrected chi connectivity index (χ0v) is 22.1. The van der Waals surface area contributed by atoms with Crippen LogP contribution in [0.3, 0.4) is 0 Å². The number of ether oxygens (including phenoxy) is 1. The van der Waals surface area contributed by atoms with Gasteiger partial charge in [0.25, 0.3) is 10.1 Å². The van der Waals surface area contributed by atoms with Crippen LogP contribution in [0.15, 0.2) is 40.8 Å². The minimum Gasteiger partial charge on any atom is -0.469 e. The number of carbonyl (C=O) groups is 1. The highest BCUT2D eigenvalue weighted by molar-refractivity contribution is 7.86. The SMILES string of the molecule is COC(=O)CC[C@@]1(C)[C@H](COS(=O)(=O)c2ccc(C)cc2)CC[C@@H]2[C@@H]1CC[C@]1(C)C(C)=CC[C@@H]21. The molecule has 2 saturated carbocycles. The van der Waals surface area contributed by atoms with Gasteiger partial charge in [0.05, 0.1) is 18.6 Å². The third kappa shape index (κ3) is 4.48. The van der Waals surface area contributed by atoms with E-state index in [0.29, 0.717) is 30.6 Å². The van der Waals surface area contributed by atoms with Gasteiger partial charge in [-0.15, -0.1) is 0 Å². The first kappa shape index (κ1) is 25.4. The lowest BCUT2D eigenvalue weighted by molar-refractivity contribution is -0.144. The molecule has 188 valence electrons. The first-order valence-corrected chi connectivity index (χ1v) is 14.1. The monoisotopic (exact) mass is 488 g/mol. The van der Waals surface area contributed by atoms with Crippen molar-refractivity contribution >= 4 is 16.1 Å². The lowest BCUT2D eigenvalue weighted by Gasteiger charge is -2.58. The lowest BCUT2D eigenvalue weighted by atomic mass is 9.46. The van der Waals surface area contributed by atoms with Gasteiger partial charge in [0.15, 0.2) is 0 Å². The highest BCUT2D eigenvalue weighted by Crippen LogP contribution is 2.64. The smallest absolute Gasteiger partial charge is 0.305 e. The Kier molecular flexibility index (Phi) is 7.05. The summed E-state index contributed by atoms with van der Waals surface area (Å²) in [6, 6.07) is 6.79. The van der Waals surface area contributed by atoms with Crippen LogP contribution in [0.2, 0.25) is 0 Å². The Balaban J connectivity index is 1.56. The fourth-order valence-corrected chi connectivity index (χ4v) is 8.35. The van der Waals surface area contributed by atoms with E-state index in [-0.39, 0.29) is 34.2 Å². The van der Waals surface area contributed by atoms with Gasteiger partial charge in [0.2, 0.25) is 0 Å². The number of carbonyl (C=O) groups excluding carboxylic acids is 1. The maximum Gasteiger partial charge on any atom is 0.305 e. The number of fused-ring (bicyclic) bond motifs is 3. The average molecular weight is 489 g/mol. The van der Waals surface area contributed by atoms with Gasteiger partial charge in [0, 0.05) is 6.42 Å². The predicted molar refractivity (Wildman–Crippen MR) is 133 cm³/mol. The van der Waals surface area contributed by atoms with Crippen molar-refractivity contribution < 1.29 is 22.1 Å². The van der Waals surface area contributed by atoms with Crippen molar-refractivity contribution in [3.63, 3.8) is 0 Å². The van der Waals surface area contributed by atoms with E-state index in [2.05, 4.69) is 26.8 Å². The van der Waals surface area contributed by atoms with E-state index in [1.807, 2.05) is 6.92 Å². The largest absolute Gasteiger partial charge is 0.469 e. The second-order valence-corrected chi connectivity index (χ2v) is 13.0. The molecule has 3 aliphatic carbocycles. The van der Waals surface area contributed by atoms with E-state index in [1.165, 1.54) is 12.7 Å². The van der Waals surface area contributed by atoms with E-state index in [1.54, 1.807) is 24.3 Å². The molecule has 1 aromatic rings. The van der Waals surface area contributed by atoms with Gasteiger partial charge >= 0.3 is 5.97 Å². The molecule has 34 heavy (non-hydrogen) atoms. The number of aryl methyl sites for hydroxylation is 1. The van der Waals surface area contributed by atoms with E-state index in [4.69, 9.17) is 8.92 Å². The molecule has 0 unspecified atom stereocenters. The van der Waals surface area contributed by atoms with Gasteiger partial charge in [-0.05, 0) is 99.0 Å². The molecule has 6 heteroatoms. The summed E-state index contributed by atoms with van der Waals surface area (Å²) in [5.74, 6) is 1.58. The summed E-state index contributed by atoms with van der Waals surface area (Å²) in [6.45, 7) is 9.08. The van der Waals surface area contributed by atoms with Crippen molar-refractivity contribution in [1.82, 2.24) is 0 Å². The van der Waals surface area contributed by atoms with Crippen molar-refractivity contribution in [2.24, 2.45) is 34.5 Å². The first-order chi connectivity index (χ1) is 16.0. The summed E-state index contributed by atoms with van der Waals surface area (Å²) in [7, 11) is -2.39. The van der Waals surface area contributed by atoms with Gasteiger partial charge in [-0.2, -0.15) is 8.42 Å². The number of allylic oxidation sites excluding steroid dienone is 2. The molecule has 0 aliphatic heterocycles. The van der Waals surface area contributed by atoms with Crippen LogP contribution in [-0.4, -0.2) is 28.1 Å².